The lowest BCUT2D eigenvalue weighted by molar-refractivity contribution is -0.0705. The van der Waals surface area contributed by atoms with Crippen molar-refractivity contribution in [3.8, 4) is 0 Å². The number of aryl methyl sites for hydroxylation is 2. The summed E-state index contributed by atoms with van der Waals surface area (Å²) in [7, 11) is 1.83. The van der Waals surface area contributed by atoms with Gasteiger partial charge < -0.3 is 10.5 Å². The summed E-state index contributed by atoms with van der Waals surface area (Å²) in [5.74, 6) is 0.716. The molecule has 3 atom stereocenters. The molecule has 3 unspecified atom stereocenters. The number of benzene rings is 1. The van der Waals surface area contributed by atoms with Crippen LogP contribution in [-0.2, 0) is 11.2 Å². The normalized spacial score (nSPS) is 28.4. The zero-order valence-corrected chi connectivity index (χ0v) is 13.4. The Morgan fingerprint density at radius 1 is 1.40 bits per heavy atom. The monoisotopic (exact) mass is 275 g/mol. The molecule has 1 aliphatic rings. The van der Waals surface area contributed by atoms with Gasteiger partial charge in [-0.1, -0.05) is 43.5 Å². The Morgan fingerprint density at radius 3 is 2.80 bits per heavy atom. The summed E-state index contributed by atoms with van der Waals surface area (Å²) in [6, 6.07) is 6.71. The van der Waals surface area contributed by atoms with Gasteiger partial charge in [0.05, 0.1) is 5.60 Å². The predicted octanol–water partition coefficient (Wildman–Crippen LogP) is 3.77. The zero-order chi connectivity index (χ0) is 14.8. The Morgan fingerprint density at radius 2 is 2.15 bits per heavy atom. The lowest BCUT2D eigenvalue weighted by Crippen LogP contribution is -2.53. The highest BCUT2D eigenvalue weighted by Gasteiger charge is 2.40. The molecule has 0 spiro atoms. The molecule has 1 aromatic carbocycles. The van der Waals surface area contributed by atoms with Gasteiger partial charge in [0.25, 0.3) is 0 Å². The molecular formula is C18H29NO. The van der Waals surface area contributed by atoms with E-state index in [2.05, 4.69) is 39.0 Å². The number of nitrogens with two attached hydrogens (primary N) is 1. The molecule has 0 heterocycles. The third-order valence-corrected chi connectivity index (χ3v) is 5.02. The highest BCUT2D eigenvalue weighted by atomic mass is 16.5. The van der Waals surface area contributed by atoms with E-state index in [0.717, 1.165) is 19.3 Å². The van der Waals surface area contributed by atoms with E-state index >= 15 is 0 Å². The third-order valence-electron chi connectivity index (χ3n) is 5.02. The fourth-order valence-corrected chi connectivity index (χ4v) is 3.66. The first-order valence-electron chi connectivity index (χ1n) is 7.84. The topological polar surface area (TPSA) is 35.2 Å². The lowest BCUT2D eigenvalue weighted by atomic mass is 9.73. The van der Waals surface area contributed by atoms with Gasteiger partial charge in [-0.2, -0.15) is 0 Å². The summed E-state index contributed by atoms with van der Waals surface area (Å²) in [4.78, 5) is 0. The van der Waals surface area contributed by atoms with Gasteiger partial charge in [-0.05, 0) is 50.2 Å². The van der Waals surface area contributed by atoms with Crippen LogP contribution in [0.1, 0.15) is 49.3 Å². The summed E-state index contributed by atoms with van der Waals surface area (Å²) >= 11 is 0. The molecule has 0 aromatic heterocycles. The summed E-state index contributed by atoms with van der Waals surface area (Å²) in [6.07, 6.45) is 5.64. The summed E-state index contributed by atoms with van der Waals surface area (Å²) < 4.78 is 5.93. The first-order valence-corrected chi connectivity index (χ1v) is 7.84. The SMILES string of the molecule is COC1(C(N)Cc2cc(C)ccc2C)CCCC(C)C1. The van der Waals surface area contributed by atoms with Gasteiger partial charge in [0, 0.05) is 13.2 Å². The average Bonchev–Trinajstić information content (AvgIpc) is 2.42. The van der Waals surface area contributed by atoms with Crippen LogP contribution in [0.3, 0.4) is 0 Å². The van der Waals surface area contributed by atoms with Crippen molar-refractivity contribution >= 4 is 0 Å². The summed E-state index contributed by atoms with van der Waals surface area (Å²) in [5, 5.41) is 0. The minimum absolute atomic E-state index is 0.0794. The first kappa shape index (κ1) is 15.5. The molecule has 2 heteroatoms. The Bertz CT molecular complexity index is 457. The largest absolute Gasteiger partial charge is 0.377 e. The van der Waals surface area contributed by atoms with E-state index in [9.17, 15) is 0 Å². The standard InChI is InChI=1S/C18H29NO/c1-13-7-8-15(3)16(10-13)11-17(19)18(20-4)9-5-6-14(2)12-18/h7-8,10,14,17H,5-6,9,11-12,19H2,1-4H3. The molecule has 0 saturated heterocycles. The zero-order valence-electron chi connectivity index (χ0n) is 13.4. The van der Waals surface area contributed by atoms with Crippen LogP contribution >= 0.6 is 0 Å². The quantitative estimate of drug-likeness (QED) is 0.908. The lowest BCUT2D eigenvalue weighted by Gasteiger charge is -2.43. The predicted molar refractivity (Wildman–Crippen MR) is 85.0 cm³/mol. The Labute approximate surface area is 123 Å². The van der Waals surface area contributed by atoms with E-state index in [1.54, 1.807) is 0 Å². The van der Waals surface area contributed by atoms with Crippen molar-refractivity contribution in [2.45, 2.75) is 64.5 Å². The van der Waals surface area contributed by atoms with Crippen molar-refractivity contribution in [2.24, 2.45) is 11.7 Å². The van der Waals surface area contributed by atoms with E-state index in [4.69, 9.17) is 10.5 Å². The second-order valence-corrected chi connectivity index (χ2v) is 6.71. The van der Waals surface area contributed by atoms with Crippen molar-refractivity contribution in [3.05, 3.63) is 34.9 Å². The average molecular weight is 275 g/mol. The molecule has 2 nitrogen and oxygen atoms in total. The number of hydrogen-bond acceptors (Lipinski definition) is 2. The number of ether oxygens (including phenoxy) is 1. The second kappa shape index (κ2) is 6.28. The van der Waals surface area contributed by atoms with Crippen molar-refractivity contribution < 1.29 is 4.74 Å². The number of hydrogen-bond donors (Lipinski definition) is 1. The minimum Gasteiger partial charge on any atom is -0.377 e. The van der Waals surface area contributed by atoms with E-state index in [1.807, 2.05) is 7.11 Å². The van der Waals surface area contributed by atoms with E-state index in [1.165, 1.54) is 29.5 Å². The molecule has 1 fully saturated rings. The molecule has 2 rings (SSSR count). The first-order chi connectivity index (χ1) is 9.47. The fraction of sp³-hybridized carbons (Fsp3) is 0.667. The van der Waals surface area contributed by atoms with Gasteiger partial charge in [-0.3, -0.25) is 0 Å². The van der Waals surface area contributed by atoms with Crippen LogP contribution in [-0.4, -0.2) is 18.8 Å². The second-order valence-electron chi connectivity index (χ2n) is 6.71. The summed E-state index contributed by atoms with van der Waals surface area (Å²) in [6.45, 7) is 6.63. The van der Waals surface area contributed by atoms with Gasteiger partial charge in [-0.15, -0.1) is 0 Å². The molecule has 1 aromatic rings. The van der Waals surface area contributed by atoms with E-state index in [-0.39, 0.29) is 11.6 Å². The maximum atomic E-state index is 6.58. The molecule has 20 heavy (non-hydrogen) atoms. The molecule has 0 aliphatic heterocycles. The molecule has 1 aliphatic carbocycles. The Kier molecular flexibility index (Phi) is 4.87. The van der Waals surface area contributed by atoms with Crippen LogP contribution < -0.4 is 5.73 Å². The van der Waals surface area contributed by atoms with Crippen molar-refractivity contribution in [1.82, 2.24) is 0 Å². The smallest absolute Gasteiger partial charge is 0.0834 e. The van der Waals surface area contributed by atoms with Crippen LogP contribution in [0.4, 0.5) is 0 Å². The van der Waals surface area contributed by atoms with Crippen molar-refractivity contribution in [3.63, 3.8) is 0 Å². The highest BCUT2D eigenvalue weighted by Crippen LogP contribution is 2.37. The molecule has 2 N–H and O–H groups in total. The Balaban J connectivity index is 2.16. The summed E-state index contributed by atoms with van der Waals surface area (Å²) in [5.41, 5.74) is 10.5. The van der Waals surface area contributed by atoms with Crippen molar-refractivity contribution in [1.29, 1.82) is 0 Å². The fourth-order valence-electron chi connectivity index (χ4n) is 3.66. The van der Waals surface area contributed by atoms with Crippen LogP contribution in [0.2, 0.25) is 0 Å². The van der Waals surface area contributed by atoms with Crippen LogP contribution in [0, 0.1) is 19.8 Å². The maximum Gasteiger partial charge on any atom is 0.0834 e. The maximum absolute atomic E-state index is 6.58. The van der Waals surface area contributed by atoms with Gasteiger partial charge in [0.15, 0.2) is 0 Å². The minimum atomic E-state index is -0.131. The molecule has 0 bridgehead atoms. The van der Waals surface area contributed by atoms with E-state index < -0.39 is 0 Å². The van der Waals surface area contributed by atoms with Gasteiger partial charge in [0.1, 0.15) is 0 Å². The van der Waals surface area contributed by atoms with Gasteiger partial charge in [0.2, 0.25) is 0 Å². The third kappa shape index (κ3) is 3.24. The van der Waals surface area contributed by atoms with E-state index in [0.29, 0.717) is 5.92 Å². The number of methoxy groups -OCH3 is 1. The molecule has 112 valence electrons. The van der Waals surface area contributed by atoms with Crippen molar-refractivity contribution in [2.75, 3.05) is 7.11 Å². The van der Waals surface area contributed by atoms with Crippen LogP contribution in [0.5, 0.6) is 0 Å². The van der Waals surface area contributed by atoms with Gasteiger partial charge >= 0.3 is 0 Å². The molecular weight excluding hydrogens is 246 g/mol. The molecule has 1 saturated carbocycles. The van der Waals surface area contributed by atoms with Gasteiger partial charge in [-0.25, -0.2) is 0 Å². The van der Waals surface area contributed by atoms with Crippen LogP contribution in [0.15, 0.2) is 18.2 Å². The molecule has 0 radical (unpaired) electrons. The molecule has 0 amide bonds. The van der Waals surface area contributed by atoms with Crippen LogP contribution in [0.25, 0.3) is 0 Å². The Hall–Kier alpha value is -0.860. The highest BCUT2D eigenvalue weighted by molar-refractivity contribution is 5.31. The number of rotatable bonds is 4.